The van der Waals surface area contributed by atoms with Crippen LogP contribution in [0.1, 0.15) is 47.8 Å². The highest BCUT2D eigenvalue weighted by atomic mass is 16.5. The fourth-order valence-electron chi connectivity index (χ4n) is 5.09. The van der Waals surface area contributed by atoms with Gasteiger partial charge in [-0.25, -0.2) is 9.67 Å². The Kier molecular flexibility index (Phi) is 9.51. The zero-order valence-corrected chi connectivity index (χ0v) is 23.1. The lowest BCUT2D eigenvalue weighted by molar-refractivity contribution is 0.0217. The molecule has 5 rings (SSSR count). The van der Waals surface area contributed by atoms with E-state index < -0.39 is 5.54 Å². The summed E-state index contributed by atoms with van der Waals surface area (Å²) >= 11 is 0. The fraction of sp³-hybridized carbons (Fsp3) is 0.257. The highest BCUT2D eigenvalue weighted by molar-refractivity contribution is 5.50. The summed E-state index contributed by atoms with van der Waals surface area (Å²) in [6.45, 7) is 4.08. The van der Waals surface area contributed by atoms with Crippen molar-refractivity contribution < 1.29 is 9.47 Å². The first-order valence-electron chi connectivity index (χ1n) is 14.1. The van der Waals surface area contributed by atoms with E-state index in [1.54, 1.807) is 0 Å². The Labute approximate surface area is 237 Å². The van der Waals surface area contributed by atoms with E-state index in [0.29, 0.717) is 19.8 Å². The number of hydrogen-bond acceptors (Lipinski definition) is 4. The Bertz CT molecular complexity index is 1310. The van der Waals surface area contributed by atoms with Gasteiger partial charge in [-0.15, -0.1) is 0 Å². The van der Waals surface area contributed by atoms with Crippen LogP contribution in [-0.2, 0) is 28.0 Å². The fourth-order valence-corrected chi connectivity index (χ4v) is 5.09. The molecule has 0 aliphatic carbocycles. The van der Waals surface area contributed by atoms with E-state index in [2.05, 4.69) is 91.9 Å². The Balaban J connectivity index is 1.23. The molecule has 0 saturated heterocycles. The van der Waals surface area contributed by atoms with Crippen molar-refractivity contribution in [3.8, 4) is 0 Å². The highest BCUT2D eigenvalue weighted by Crippen LogP contribution is 2.40. The SMILES string of the molecule is C[C@@H](CCOCCCc1ncn(C(c2ccccc2)(c2ccccc2)c2ccccc2)n1)OCc1ccccc1. The van der Waals surface area contributed by atoms with Crippen LogP contribution in [0, 0.1) is 0 Å². The van der Waals surface area contributed by atoms with Crippen molar-refractivity contribution in [2.75, 3.05) is 13.2 Å². The Hall–Kier alpha value is -4.06. The van der Waals surface area contributed by atoms with Crippen molar-refractivity contribution >= 4 is 0 Å². The smallest absolute Gasteiger partial charge is 0.150 e. The molecule has 5 aromatic rings. The van der Waals surface area contributed by atoms with Crippen molar-refractivity contribution in [2.24, 2.45) is 0 Å². The van der Waals surface area contributed by atoms with E-state index in [0.717, 1.165) is 41.8 Å². The summed E-state index contributed by atoms with van der Waals surface area (Å²) in [5.41, 5.74) is 3.96. The molecule has 204 valence electrons. The van der Waals surface area contributed by atoms with Crippen molar-refractivity contribution in [2.45, 2.75) is 44.4 Å². The van der Waals surface area contributed by atoms with Crippen molar-refractivity contribution in [3.05, 3.63) is 156 Å². The summed E-state index contributed by atoms with van der Waals surface area (Å²) in [6, 6.07) is 41.9. The molecule has 0 aliphatic rings. The van der Waals surface area contributed by atoms with Crippen LogP contribution in [0.2, 0.25) is 0 Å². The molecule has 0 aliphatic heterocycles. The number of benzene rings is 4. The number of hydrogen-bond donors (Lipinski definition) is 0. The van der Waals surface area contributed by atoms with Gasteiger partial charge >= 0.3 is 0 Å². The zero-order chi connectivity index (χ0) is 27.5. The van der Waals surface area contributed by atoms with E-state index in [1.165, 1.54) is 5.56 Å². The van der Waals surface area contributed by atoms with Gasteiger partial charge in [0.05, 0.1) is 12.7 Å². The lowest BCUT2D eigenvalue weighted by atomic mass is 9.77. The Morgan fingerprint density at radius 3 is 1.77 bits per heavy atom. The van der Waals surface area contributed by atoms with Crippen molar-refractivity contribution in [1.82, 2.24) is 14.8 Å². The molecule has 5 nitrogen and oxygen atoms in total. The van der Waals surface area contributed by atoms with Crippen molar-refractivity contribution in [1.29, 1.82) is 0 Å². The molecule has 0 amide bonds. The van der Waals surface area contributed by atoms with Crippen LogP contribution in [0.15, 0.2) is 128 Å². The minimum Gasteiger partial charge on any atom is -0.381 e. The van der Waals surface area contributed by atoms with Crippen LogP contribution in [0.4, 0.5) is 0 Å². The summed E-state index contributed by atoms with van der Waals surface area (Å²) in [5, 5.41) is 5.04. The maximum absolute atomic E-state index is 5.95. The third-order valence-corrected chi connectivity index (χ3v) is 7.19. The maximum atomic E-state index is 5.95. The molecule has 0 spiro atoms. The zero-order valence-electron chi connectivity index (χ0n) is 23.1. The maximum Gasteiger partial charge on any atom is 0.150 e. The molecule has 1 aromatic heterocycles. The second kappa shape index (κ2) is 13.8. The van der Waals surface area contributed by atoms with Gasteiger partial charge < -0.3 is 9.47 Å². The predicted octanol–water partition coefficient (Wildman–Crippen LogP) is 7.06. The molecular weight excluding hydrogens is 494 g/mol. The summed E-state index contributed by atoms with van der Waals surface area (Å²) < 4.78 is 13.9. The van der Waals surface area contributed by atoms with E-state index in [-0.39, 0.29) is 6.10 Å². The van der Waals surface area contributed by atoms with Gasteiger partial charge in [0.15, 0.2) is 5.82 Å². The van der Waals surface area contributed by atoms with Crippen LogP contribution in [0.25, 0.3) is 0 Å². The standard InChI is InChI=1S/C35H37N3O2/c1-29(40-27-30-15-6-2-7-16-30)24-26-39-25-14-23-34-36-28-38(37-34)35(31-17-8-3-9-18-31,32-19-10-4-11-20-32)33-21-12-5-13-22-33/h2-13,15-22,28-29H,14,23-27H2,1H3/t29-/m0/s1. The monoisotopic (exact) mass is 531 g/mol. The third kappa shape index (κ3) is 6.56. The lowest BCUT2D eigenvalue weighted by Crippen LogP contribution is -2.38. The summed E-state index contributed by atoms with van der Waals surface area (Å²) in [6.07, 6.45) is 4.50. The van der Waals surface area contributed by atoms with Gasteiger partial charge in [0, 0.05) is 19.6 Å². The first-order valence-corrected chi connectivity index (χ1v) is 14.1. The van der Waals surface area contributed by atoms with Crippen LogP contribution >= 0.6 is 0 Å². The number of nitrogens with zero attached hydrogens (tertiary/aromatic N) is 3. The third-order valence-electron chi connectivity index (χ3n) is 7.19. The van der Waals surface area contributed by atoms with E-state index >= 15 is 0 Å². The second-order valence-electron chi connectivity index (χ2n) is 10.0. The first-order chi connectivity index (χ1) is 19.8. The molecule has 5 heteroatoms. The molecule has 0 N–H and O–H groups in total. The van der Waals surface area contributed by atoms with Gasteiger partial charge in [0.1, 0.15) is 11.9 Å². The summed E-state index contributed by atoms with van der Waals surface area (Å²) in [4.78, 5) is 4.73. The van der Waals surface area contributed by atoms with Crippen molar-refractivity contribution in [3.63, 3.8) is 0 Å². The molecule has 40 heavy (non-hydrogen) atoms. The quantitative estimate of drug-likeness (QED) is 0.114. The molecule has 0 unspecified atom stereocenters. The summed E-state index contributed by atoms with van der Waals surface area (Å²) in [7, 11) is 0. The molecular formula is C35H37N3O2. The van der Waals surface area contributed by atoms with E-state index in [9.17, 15) is 0 Å². The lowest BCUT2D eigenvalue weighted by Gasteiger charge is -2.35. The predicted molar refractivity (Wildman–Crippen MR) is 159 cm³/mol. The van der Waals surface area contributed by atoms with Gasteiger partial charge in [0.2, 0.25) is 0 Å². The van der Waals surface area contributed by atoms with Gasteiger partial charge in [-0.2, -0.15) is 5.10 Å². The number of rotatable bonds is 14. The van der Waals surface area contributed by atoms with Crippen LogP contribution in [-0.4, -0.2) is 34.1 Å². The number of aryl methyl sites for hydroxylation is 1. The molecule has 0 bridgehead atoms. The van der Waals surface area contributed by atoms with Gasteiger partial charge in [-0.1, -0.05) is 121 Å². The average molecular weight is 532 g/mol. The van der Waals surface area contributed by atoms with E-state index in [4.69, 9.17) is 19.6 Å². The first kappa shape index (κ1) is 27.5. The highest BCUT2D eigenvalue weighted by Gasteiger charge is 2.39. The molecule has 1 atom stereocenters. The number of aromatic nitrogens is 3. The Morgan fingerprint density at radius 1 is 0.700 bits per heavy atom. The average Bonchev–Trinajstić information content (AvgIpc) is 3.49. The molecule has 4 aromatic carbocycles. The van der Waals surface area contributed by atoms with Gasteiger partial charge in [-0.3, -0.25) is 0 Å². The molecule has 0 fully saturated rings. The van der Waals surface area contributed by atoms with Gasteiger partial charge in [-0.05, 0) is 42.0 Å². The molecule has 0 saturated carbocycles. The molecule has 1 heterocycles. The minimum atomic E-state index is -0.637. The second-order valence-corrected chi connectivity index (χ2v) is 10.0. The van der Waals surface area contributed by atoms with Crippen LogP contribution in [0.3, 0.4) is 0 Å². The normalized spacial score (nSPS) is 12.3. The Morgan fingerprint density at radius 2 is 1.23 bits per heavy atom. The number of ether oxygens (including phenoxy) is 2. The largest absolute Gasteiger partial charge is 0.381 e. The molecule has 0 radical (unpaired) electrons. The van der Waals surface area contributed by atoms with Gasteiger partial charge in [0.25, 0.3) is 0 Å². The van der Waals surface area contributed by atoms with E-state index in [1.807, 2.05) is 47.4 Å². The summed E-state index contributed by atoms with van der Waals surface area (Å²) in [5.74, 6) is 0.815. The topological polar surface area (TPSA) is 49.2 Å². The minimum absolute atomic E-state index is 0.152. The van der Waals surface area contributed by atoms with Crippen LogP contribution in [0.5, 0.6) is 0 Å². The van der Waals surface area contributed by atoms with Crippen LogP contribution < -0.4 is 0 Å².